The first-order valence-corrected chi connectivity index (χ1v) is 8.37. The molecular formula is C16H21NOS. The van der Waals surface area contributed by atoms with Crippen molar-refractivity contribution in [2.45, 2.75) is 51.9 Å². The second kappa shape index (κ2) is 3.91. The molecule has 0 radical (unpaired) electrons. The zero-order valence-corrected chi connectivity index (χ0v) is 12.3. The van der Waals surface area contributed by atoms with Crippen LogP contribution in [0.3, 0.4) is 0 Å². The van der Waals surface area contributed by atoms with Crippen LogP contribution >= 0.6 is 11.3 Å². The molecule has 2 nitrogen and oxygen atoms in total. The summed E-state index contributed by atoms with van der Waals surface area (Å²) < 4.78 is 0. The molecule has 1 heterocycles. The molecule has 2 unspecified atom stereocenters. The van der Waals surface area contributed by atoms with E-state index in [0.717, 1.165) is 23.3 Å². The van der Waals surface area contributed by atoms with E-state index < -0.39 is 0 Å². The number of aromatic nitrogens is 1. The van der Waals surface area contributed by atoms with E-state index in [1.54, 1.807) is 11.3 Å². The molecule has 5 rings (SSSR count). The Labute approximate surface area is 118 Å². The molecule has 4 fully saturated rings. The topological polar surface area (TPSA) is 30.0 Å². The van der Waals surface area contributed by atoms with Gasteiger partial charge >= 0.3 is 0 Å². The zero-order valence-electron chi connectivity index (χ0n) is 11.5. The van der Waals surface area contributed by atoms with E-state index in [1.807, 2.05) is 11.6 Å². The van der Waals surface area contributed by atoms with Gasteiger partial charge < -0.3 is 0 Å². The molecule has 0 N–H and O–H groups in total. The van der Waals surface area contributed by atoms with Crippen LogP contribution in [-0.4, -0.2) is 10.8 Å². The number of hydrogen-bond donors (Lipinski definition) is 0. The average molecular weight is 275 g/mol. The van der Waals surface area contributed by atoms with E-state index in [-0.39, 0.29) is 5.41 Å². The summed E-state index contributed by atoms with van der Waals surface area (Å²) in [5, 5.41) is 2.98. The molecule has 0 saturated heterocycles. The number of hydrogen-bond acceptors (Lipinski definition) is 3. The Hall–Kier alpha value is -0.700. The van der Waals surface area contributed by atoms with Gasteiger partial charge in [-0.3, -0.25) is 4.79 Å². The summed E-state index contributed by atoms with van der Waals surface area (Å²) >= 11 is 1.62. The van der Waals surface area contributed by atoms with Gasteiger partial charge in [-0.1, -0.05) is 6.92 Å². The molecule has 0 aliphatic heterocycles. The fourth-order valence-electron chi connectivity index (χ4n) is 5.71. The fraction of sp³-hybridized carbons (Fsp3) is 0.750. The molecule has 102 valence electrons. The van der Waals surface area contributed by atoms with Crippen molar-refractivity contribution in [2.75, 3.05) is 0 Å². The Morgan fingerprint density at radius 3 is 2.68 bits per heavy atom. The lowest BCUT2D eigenvalue weighted by atomic mass is 9.43. The Bertz CT molecular complexity index is 493. The van der Waals surface area contributed by atoms with Crippen molar-refractivity contribution in [1.29, 1.82) is 0 Å². The Kier molecular flexibility index (Phi) is 2.48. The Morgan fingerprint density at radius 2 is 2.11 bits per heavy atom. The van der Waals surface area contributed by atoms with Crippen molar-refractivity contribution in [1.82, 2.24) is 4.98 Å². The highest BCUT2D eigenvalue weighted by molar-refractivity contribution is 7.09. The van der Waals surface area contributed by atoms with Gasteiger partial charge in [0.1, 0.15) is 5.78 Å². The minimum atomic E-state index is 0.0184. The van der Waals surface area contributed by atoms with Crippen LogP contribution in [0.25, 0.3) is 0 Å². The third kappa shape index (κ3) is 1.89. The van der Waals surface area contributed by atoms with Crippen molar-refractivity contribution in [3.63, 3.8) is 0 Å². The standard InChI is InChI=1S/C16H21NOS/c1-15-6-11-4-12(7-15)9-16(8-11,10-15)13(18)5-14-17-2-3-19-14/h2-3,11-12H,4-10H2,1H3. The van der Waals surface area contributed by atoms with Gasteiger partial charge in [0.15, 0.2) is 0 Å². The van der Waals surface area contributed by atoms with Gasteiger partial charge in [-0.25, -0.2) is 4.98 Å². The second-order valence-electron chi connectivity index (χ2n) is 7.58. The van der Waals surface area contributed by atoms with Gasteiger partial charge in [-0.2, -0.15) is 0 Å². The fourth-order valence-corrected chi connectivity index (χ4v) is 6.33. The molecule has 0 amide bonds. The van der Waals surface area contributed by atoms with Crippen molar-refractivity contribution < 1.29 is 4.79 Å². The van der Waals surface area contributed by atoms with E-state index in [1.165, 1.54) is 32.1 Å². The molecular weight excluding hydrogens is 254 g/mol. The van der Waals surface area contributed by atoms with E-state index in [2.05, 4.69) is 11.9 Å². The number of nitrogens with zero attached hydrogens (tertiary/aromatic N) is 1. The Morgan fingerprint density at radius 1 is 1.37 bits per heavy atom. The van der Waals surface area contributed by atoms with Gasteiger partial charge in [0.25, 0.3) is 0 Å². The molecule has 4 saturated carbocycles. The molecule has 4 aliphatic carbocycles. The molecule has 2 atom stereocenters. The van der Waals surface area contributed by atoms with E-state index in [4.69, 9.17) is 0 Å². The number of thiazole rings is 1. The van der Waals surface area contributed by atoms with Crippen LogP contribution in [0.5, 0.6) is 0 Å². The number of Topliss-reactive ketones (excluding diaryl/α,β-unsaturated/α-hetero) is 1. The maximum Gasteiger partial charge on any atom is 0.145 e. The monoisotopic (exact) mass is 275 g/mol. The smallest absolute Gasteiger partial charge is 0.145 e. The number of carbonyl (C=O) groups excluding carboxylic acids is 1. The summed E-state index contributed by atoms with van der Waals surface area (Å²) in [4.78, 5) is 17.2. The first-order chi connectivity index (χ1) is 9.07. The SMILES string of the molecule is CC12CC3CC(C1)CC(C(=O)Cc1nccs1)(C3)C2. The summed E-state index contributed by atoms with van der Waals surface area (Å²) in [7, 11) is 0. The van der Waals surface area contributed by atoms with E-state index in [9.17, 15) is 4.79 Å². The highest BCUT2D eigenvalue weighted by Gasteiger charge is 2.58. The van der Waals surface area contributed by atoms with Gasteiger partial charge in [0.2, 0.25) is 0 Å². The van der Waals surface area contributed by atoms with Gasteiger partial charge in [-0.05, 0) is 55.8 Å². The van der Waals surface area contributed by atoms with Crippen LogP contribution in [-0.2, 0) is 11.2 Å². The summed E-state index contributed by atoms with van der Waals surface area (Å²) in [5.41, 5.74) is 0.479. The normalized spacial score (nSPS) is 43.6. The van der Waals surface area contributed by atoms with Gasteiger partial charge in [0, 0.05) is 17.0 Å². The van der Waals surface area contributed by atoms with Crippen LogP contribution in [0.2, 0.25) is 0 Å². The summed E-state index contributed by atoms with van der Waals surface area (Å²) in [6.45, 7) is 2.43. The third-order valence-corrected chi connectivity index (χ3v) is 6.52. The van der Waals surface area contributed by atoms with Gasteiger partial charge in [0.05, 0.1) is 11.4 Å². The van der Waals surface area contributed by atoms with Crippen molar-refractivity contribution >= 4 is 17.1 Å². The minimum Gasteiger partial charge on any atom is -0.299 e. The highest BCUT2D eigenvalue weighted by atomic mass is 32.1. The highest BCUT2D eigenvalue weighted by Crippen LogP contribution is 2.65. The quantitative estimate of drug-likeness (QED) is 0.838. The molecule has 4 bridgehead atoms. The molecule has 19 heavy (non-hydrogen) atoms. The summed E-state index contributed by atoms with van der Waals surface area (Å²) in [6, 6.07) is 0. The van der Waals surface area contributed by atoms with Crippen molar-refractivity contribution in [2.24, 2.45) is 22.7 Å². The minimum absolute atomic E-state index is 0.0184. The first-order valence-electron chi connectivity index (χ1n) is 7.49. The van der Waals surface area contributed by atoms with E-state index >= 15 is 0 Å². The zero-order chi connectivity index (χ0) is 13.1. The maximum atomic E-state index is 12.9. The van der Waals surface area contributed by atoms with Crippen LogP contribution in [0, 0.1) is 22.7 Å². The predicted molar refractivity (Wildman–Crippen MR) is 76.0 cm³/mol. The largest absolute Gasteiger partial charge is 0.299 e. The lowest BCUT2D eigenvalue weighted by Gasteiger charge is -2.60. The van der Waals surface area contributed by atoms with Crippen LogP contribution < -0.4 is 0 Å². The third-order valence-electron chi connectivity index (χ3n) is 5.74. The molecule has 0 spiro atoms. The lowest BCUT2D eigenvalue weighted by molar-refractivity contribution is -0.152. The summed E-state index contributed by atoms with van der Waals surface area (Å²) in [5.74, 6) is 2.14. The number of ketones is 1. The number of rotatable bonds is 3. The van der Waals surface area contributed by atoms with Crippen LogP contribution in [0.4, 0.5) is 0 Å². The van der Waals surface area contributed by atoms with Crippen molar-refractivity contribution in [3.8, 4) is 0 Å². The van der Waals surface area contributed by atoms with Crippen LogP contribution in [0.1, 0.15) is 50.5 Å². The van der Waals surface area contributed by atoms with Crippen LogP contribution in [0.15, 0.2) is 11.6 Å². The van der Waals surface area contributed by atoms with Gasteiger partial charge in [-0.15, -0.1) is 11.3 Å². The molecule has 1 aromatic heterocycles. The molecule has 4 aliphatic rings. The first kappa shape index (κ1) is 12.1. The second-order valence-corrected chi connectivity index (χ2v) is 8.56. The molecule has 1 aromatic rings. The molecule has 0 aromatic carbocycles. The lowest BCUT2D eigenvalue weighted by Crippen LogP contribution is -2.54. The Balaban J connectivity index is 1.61. The van der Waals surface area contributed by atoms with E-state index in [0.29, 0.717) is 17.6 Å². The van der Waals surface area contributed by atoms with Crippen molar-refractivity contribution in [3.05, 3.63) is 16.6 Å². The number of carbonyl (C=O) groups is 1. The average Bonchev–Trinajstić information content (AvgIpc) is 2.78. The molecule has 3 heteroatoms. The predicted octanol–water partition coefficient (Wildman–Crippen LogP) is 3.86. The maximum absolute atomic E-state index is 12.9. The summed E-state index contributed by atoms with van der Waals surface area (Å²) in [6.07, 6.45) is 10.0.